The molecule has 0 atom stereocenters. The molecule has 25 heavy (non-hydrogen) atoms. The third-order valence-electron chi connectivity index (χ3n) is 3.79. The maximum atomic E-state index is 13.1. The van der Waals surface area contributed by atoms with Gasteiger partial charge >= 0.3 is 5.69 Å². The second-order valence-electron chi connectivity index (χ2n) is 5.39. The van der Waals surface area contributed by atoms with Gasteiger partial charge in [0.1, 0.15) is 17.3 Å². The van der Waals surface area contributed by atoms with Crippen molar-refractivity contribution in [3.05, 3.63) is 68.9 Å². The van der Waals surface area contributed by atoms with E-state index in [1.165, 1.54) is 32.4 Å². The second-order valence-corrected chi connectivity index (χ2v) is 5.39. The van der Waals surface area contributed by atoms with Crippen molar-refractivity contribution in [3.63, 3.8) is 0 Å². The summed E-state index contributed by atoms with van der Waals surface area (Å²) in [5.74, 6) is -0.761. The molecule has 0 bridgehead atoms. The molecule has 2 heterocycles. The lowest BCUT2D eigenvalue weighted by molar-refractivity contribution is 0.101. The first-order valence-corrected chi connectivity index (χ1v) is 7.26. The number of nitrogens with zero attached hydrogens (tertiary/aromatic N) is 3. The highest BCUT2D eigenvalue weighted by Crippen LogP contribution is 2.26. The number of hydrogen-bond donors (Lipinski definition) is 2. The number of H-pyrrole nitrogens is 1. The Hall–Kier alpha value is -3.49. The highest BCUT2D eigenvalue weighted by molar-refractivity contribution is 6.04. The van der Waals surface area contributed by atoms with Gasteiger partial charge in [0.2, 0.25) is 0 Å². The summed E-state index contributed by atoms with van der Waals surface area (Å²) in [6.07, 6.45) is 1.48. The van der Waals surface area contributed by atoms with Gasteiger partial charge in [0.25, 0.3) is 11.5 Å². The molecular formula is C16H14FN5O3. The molecule has 3 aromatic rings. The highest BCUT2D eigenvalue weighted by Gasteiger charge is 2.17. The molecule has 0 fully saturated rings. The lowest BCUT2D eigenvalue weighted by Crippen LogP contribution is -2.40. The van der Waals surface area contributed by atoms with Crippen LogP contribution in [0.25, 0.3) is 11.1 Å². The van der Waals surface area contributed by atoms with Crippen molar-refractivity contribution in [1.82, 2.24) is 19.3 Å². The Kier molecular flexibility index (Phi) is 4.05. The number of rotatable bonds is 3. The van der Waals surface area contributed by atoms with Crippen LogP contribution in [0.2, 0.25) is 0 Å². The Labute approximate surface area is 140 Å². The summed E-state index contributed by atoms with van der Waals surface area (Å²) < 4.78 is 15.0. The van der Waals surface area contributed by atoms with Gasteiger partial charge in [-0.3, -0.25) is 23.8 Å². The highest BCUT2D eigenvalue weighted by atomic mass is 19.1. The third-order valence-corrected chi connectivity index (χ3v) is 3.79. The molecule has 1 amide bonds. The van der Waals surface area contributed by atoms with Gasteiger partial charge in [0.05, 0.1) is 6.20 Å². The van der Waals surface area contributed by atoms with E-state index in [2.05, 4.69) is 15.5 Å². The standard InChI is InChI=1S/C16H14FN5O3/c1-21-12(7-13(23)22(2)16(21)25)15(24)19-14-11(8-18-20-14)9-3-5-10(17)6-4-9/h3-8H,1-2H3,(H2,18,19,20,24). The number of amides is 1. The number of carbonyl (C=O) groups is 1. The SMILES string of the molecule is Cn1c(C(=O)Nc2[nH]ncc2-c2ccc(F)cc2)cc(=O)n(C)c1=O. The fourth-order valence-electron chi connectivity index (χ4n) is 2.36. The smallest absolute Gasteiger partial charge is 0.305 e. The van der Waals surface area contributed by atoms with E-state index in [4.69, 9.17) is 0 Å². The molecule has 0 aliphatic rings. The number of carbonyl (C=O) groups excluding carboxylic acids is 1. The van der Waals surface area contributed by atoms with Crippen molar-refractivity contribution in [3.8, 4) is 11.1 Å². The largest absolute Gasteiger partial charge is 0.331 e. The normalized spacial score (nSPS) is 10.7. The van der Waals surface area contributed by atoms with Crippen molar-refractivity contribution in [2.45, 2.75) is 0 Å². The summed E-state index contributed by atoms with van der Waals surface area (Å²) in [4.78, 5) is 36.1. The molecule has 2 N–H and O–H groups in total. The number of anilines is 1. The van der Waals surface area contributed by atoms with Gasteiger partial charge in [-0.2, -0.15) is 5.10 Å². The molecule has 0 spiro atoms. The molecular weight excluding hydrogens is 329 g/mol. The van der Waals surface area contributed by atoms with Crippen LogP contribution >= 0.6 is 0 Å². The Morgan fingerprint density at radius 2 is 1.84 bits per heavy atom. The summed E-state index contributed by atoms with van der Waals surface area (Å²) in [7, 11) is 2.72. The zero-order valence-corrected chi connectivity index (χ0v) is 13.4. The molecule has 0 aliphatic carbocycles. The van der Waals surface area contributed by atoms with Crippen molar-refractivity contribution >= 4 is 11.7 Å². The molecule has 0 radical (unpaired) electrons. The summed E-state index contributed by atoms with van der Waals surface area (Å²) >= 11 is 0. The number of nitrogens with one attached hydrogen (secondary N) is 2. The molecule has 3 rings (SSSR count). The molecule has 0 saturated heterocycles. The molecule has 9 heteroatoms. The van der Waals surface area contributed by atoms with Crippen LogP contribution in [-0.2, 0) is 14.1 Å². The van der Waals surface area contributed by atoms with E-state index < -0.39 is 17.2 Å². The van der Waals surface area contributed by atoms with Crippen LogP contribution in [0.1, 0.15) is 10.5 Å². The number of aromatic nitrogens is 4. The number of benzene rings is 1. The minimum absolute atomic E-state index is 0.0900. The Morgan fingerprint density at radius 3 is 2.52 bits per heavy atom. The van der Waals surface area contributed by atoms with Crippen molar-refractivity contribution in [1.29, 1.82) is 0 Å². The predicted octanol–water partition coefficient (Wildman–Crippen LogP) is 0.865. The lowest BCUT2D eigenvalue weighted by Gasteiger charge is -2.10. The fourth-order valence-corrected chi connectivity index (χ4v) is 2.36. The van der Waals surface area contributed by atoms with Crippen LogP contribution in [0.4, 0.5) is 10.2 Å². The zero-order valence-electron chi connectivity index (χ0n) is 13.4. The van der Waals surface area contributed by atoms with E-state index in [0.29, 0.717) is 11.1 Å². The summed E-state index contributed by atoms with van der Waals surface area (Å²) in [6, 6.07) is 6.75. The topological polar surface area (TPSA) is 102 Å². The summed E-state index contributed by atoms with van der Waals surface area (Å²) in [6.45, 7) is 0. The van der Waals surface area contributed by atoms with Gasteiger partial charge in [-0.05, 0) is 17.7 Å². The second kappa shape index (κ2) is 6.19. The van der Waals surface area contributed by atoms with E-state index in [0.717, 1.165) is 15.2 Å². The van der Waals surface area contributed by atoms with E-state index in [1.54, 1.807) is 12.1 Å². The van der Waals surface area contributed by atoms with E-state index in [1.807, 2.05) is 0 Å². The van der Waals surface area contributed by atoms with Crippen LogP contribution in [0.15, 0.2) is 46.1 Å². The van der Waals surface area contributed by atoms with Crippen LogP contribution in [0.3, 0.4) is 0 Å². The molecule has 2 aromatic heterocycles. The molecule has 0 saturated carbocycles. The van der Waals surface area contributed by atoms with Crippen molar-refractivity contribution in [2.75, 3.05) is 5.32 Å². The fraction of sp³-hybridized carbons (Fsp3) is 0.125. The predicted molar refractivity (Wildman–Crippen MR) is 88.9 cm³/mol. The molecule has 0 aliphatic heterocycles. The lowest BCUT2D eigenvalue weighted by atomic mass is 10.1. The maximum absolute atomic E-state index is 13.1. The number of halogens is 1. The summed E-state index contributed by atoms with van der Waals surface area (Å²) in [5, 5.41) is 9.08. The van der Waals surface area contributed by atoms with Crippen LogP contribution in [0.5, 0.6) is 0 Å². The molecule has 8 nitrogen and oxygen atoms in total. The van der Waals surface area contributed by atoms with Gasteiger partial charge in [-0.1, -0.05) is 12.1 Å². The van der Waals surface area contributed by atoms with E-state index >= 15 is 0 Å². The minimum atomic E-state index is -0.648. The Balaban J connectivity index is 1.96. The van der Waals surface area contributed by atoms with Gasteiger partial charge in [-0.15, -0.1) is 0 Å². The van der Waals surface area contributed by atoms with Crippen molar-refractivity contribution < 1.29 is 9.18 Å². The molecule has 128 valence electrons. The number of hydrogen-bond acceptors (Lipinski definition) is 4. The average Bonchev–Trinajstić information content (AvgIpc) is 3.05. The molecule has 1 aromatic carbocycles. The van der Waals surface area contributed by atoms with Crippen LogP contribution in [-0.4, -0.2) is 25.2 Å². The number of aromatic amines is 1. The average molecular weight is 343 g/mol. The van der Waals surface area contributed by atoms with Crippen molar-refractivity contribution in [2.24, 2.45) is 14.1 Å². The van der Waals surface area contributed by atoms with E-state index in [9.17, 15) is 18.8 Å². The first-order chi connectivity index (χ1) is 11.9. The molecule has 0 unspecified atom stereocenters. The van der Waals surface area contributed by atoms with Gasteiger partial charge in [0, 0.05) is 25.7 Å². The van der Waals surface area contributed by atoms with E-state index in [-0.39, 0.29) is 17.3 Å². The van der Waals surface area contributed by atoms with Gasteiger partial charge < -0.3 is 5.32 Å². The first-order valence-electron chi connectivity index (χ1n) is 7.26. The maximum Gasteiger partial charge on any atom is 0.331 e. The first kappa shape index (κ1) is 16.4. The van der Waals surface area contributed by atoms with Crippen LogP contribution < -0.4 is 16.6 Å². The van der Waals surface area contributed by atoms with Gasteiger partial charge in [0.15, 0.2) is 0 Å². The Bertz CT molecular complexity index is 1060. The summed E-state index contributed by atoms with van der Waals surface area (Å²) in [5.41, 5.74) is -0.101. The third kappa shape index (κ3) is 2.99. The monoisotopic (exact) mass is 343 g/mol. The Morgan fingerprint density at radius 1 is 1.16 bits per heavy atom. The van der Waals surface area contributed by atoms with Gasteiger partial charge in [-0.25, -0.2) is 9.18 Å². The van der Waals surface area contributed by atoms with Crippen LogP contribution in [0, 0.1) is 5.82 Å². The quantitative estimate of drug-likeness (QED) is 0.736. The minimum Gasteiger partial charge on any atom is -0.305 e. The zero-order chi connectivity index (χ0) is 18.1.